The maximum atomic E-state index is 11.7. The Morgan fingerprint density at radius 1 is 1.59 bits per heavy atom. The number of nitrogens with zero attached hydrogens (tertiary/aromatic N) is 2. The monoisotopic (exact) mass is 235 g/mol. The van der Waals surface area contributed by atoms with Crippen molar-refractivity contribution in [1.82, 2.24) is 10.2 Å². The summed E-state index contributed by atoms with van der Waals surface area (Å²) in [7, 11) is 0. The molecule has 1 rings (SSSR count). The molecule has 0 aromatic carbocycles. The van der Waals surface area contributed by atoms with Gasteiger partial charge in [-0.2, -0.15) is 5.26 Å². The lowest BCUT2D eigenvalue weighted by Crippen LogP contribution is -2.34. The third-order valence-electron chi connectivity index (χ3n) is 3.05. The first-order chi connectivity index (χ1) is 8.19. The van der Waals surface area contributed by atoms with Gasteiger partial charge in [0.25, 0.3) is 5.91 Å². The summed E-state index contributed by atoms with van der Waals surface area (Å²) in [5.41, 5.74) is 0.215. The van der Waals surface area contributed by atoms with Crippen molar-refractivity contribution in [2.24, 2.45) is 0 Å². The van der Waals surface area contributed by atoms with Crippen LogP contribution in [0.25, 0.3) is 0 Å². The fourth-order valence-electron chi connectivity index (χ4n) is 1.95. The SMILES string of the molecule is CCCNC(=O)/C(C#N)=C\N1CCCCC1C. The minimum absolute atomic E-state index is 0.215. The fourth-order valence-corrected chi connectivity index (χ4v) is 1.95. The van der Waals surface area contributed by atoms with Gasteiger partial charge in [-0.3, -0.25) is 4.79 Å². The van der Waals surface area contributed by atoms with Gasteiger partial charge in [0.2, 0.25) is 0 Å². The Labute approximate surface area is 103 Å². The van der Waals surface area contributed by atoms with Crippen LogP contribution >= 0.6 is 0 Å². The first-order valence-electron chi connectivity index (χ1n) is 6.35. The van der Waals surface area contributed by atoms with Crippen LogP contribution in [0, 0.1) is 11.3 Å². The van der Waals surface area contributed by atoms with Crippen molar-refractivity contribution < 1.29 is 4.79 Å². The molecule has 0 aromatic heterocycles. The largest absolute Gasteiger partial charge is 0.373 e. The molecule has 1 atom stereocenters. The van der Waals surface area contributed by atoms with Gasteiger partial charge in [0.05, 0.1) is 0 Å². The highest BCUT2D eigenvalue weighted by Gasteiger charge is 2.17. The van der Waals surface area contributed by atoms with Gasteiger partial charge in [-0.1, -0.05) is 6.92 Å². The van der Waals surface area contributed by atoms with Crippen molar-refractivity contribution in [2.45, 2.75) is 45.6 Å². The van der Waals surface area contributed by atoms with Crippen LogP contribution in [-0.2, 0) is 4.79 Å². The van der Waals surface area contributed by atoms with Gasteiger partial charge >= 0.3 is 0 Å². The summed E-state index contributed by atoms with van der Waals surface area (Å²) in [5, 5.41) is 11.7. The predicted octanol–water partition coefficient (Wildman–Crippen LogP) is 1.79. The molecule has 0 radical (unpaired) electrons. The Morgan fingerprint density at radius 2 is 2.35 bits per heavy atom. The summed E-state index contributed by atoms with van der Waals surface area (Å²) in [4.78, 5) is 13.8. The Bertz CT molecular complexity index is 330. The second-order valence-electron chi connectivity index (χ2n) is 4.49. The molecule has 0 aliphatic carbocycles. The summed E-state index contributed by atoms with van der Waals surface area (Å²) < 4.78 is 0. The van der Waals surface area contributed by atoms with E-state index in [2.05, 4.69) is 17.1 Å². The molecule has 1 amide bonds. The number of nitrogens with one attached hydrogen (secondary N) is 1. The summed E-state index contributed by atoms with van der Waals surface area (Å²) in [6, 6.07) is 2.41. The van der Waals surface area contributed by atoms with E-state index in [1.807, 2.05) is 13.0 Å². The van der Waals surface area contributed by atoms with E-state index in [0.717, 1.165) is 25.8 Å². The molecule has 1 aliphatic rings. The lowest BCUT2D eigenvalue weighted by Gasteiger charge is -2.32. The highest BCUT2D eigenvalue weighted by atomic mass is 16.1. The molecule has 1 heterocycles. The molecule has 1 saturated heterocycles. The predicted molar refractivity (Wildman–Crippen MR) is 67.0 cm³/mol. The zero-order chi connectivity index (χ0) is 12.7. The third-order valence-corrected chi connectivity index (χ3v) is 3.05. The van der Waals surface area contributed by atoms with Crippen LogP contribution in [0.2, 0.25) is 0 Å². The lowest BCUT2D eigenvalue weighted by atomic mass is 10.0. The average molecular weight is 235 g/mol. The van der Waals surface area contributed by atoms with Crippen LogP contribution in [-0.4, -0.2) is 29.9 Å². The van der Waals surface area contributed by atoms with Crippen LogP contribution < -0.4 is 5.32 Å². The van der Waals surface area contributed by atoms with E-state index in [4.69, 9.17) is 5.26 Å². The molecule has 0 aromatic rings. The van der Waals surface area contributed by atoms with Gasteiger partial charge in [0.15, 0.2) is 0 Å². The van der Waals surface area contributed by atoms with Crippen molar-refractivity contribution in [1.29, 1.82) is 5.26 Å². The third kappa shape index (κ3) is 4.10. The van der Waals surface area contributed by atoms with E-state index < -0.39 is 0 Å². The number of hydrogen-bond donors (Lipinski definition) is 1. The highest BCUT2D eigenvalue weighted by Crippen LogP contribution is 2.17. The molecule has 1 fully saturated rings. The summed E-state index contributed by atoms with van der Waals surface area (Å²) in [6.45, 7) is 5.68. The van der Waals surface area contributed by atoms with Crippen LogP contribution in [0.5, 0.6) is 0 Å². The molecular formula is C13H21N3O. The summed E-state index contributed by atoms with van der Waals surface area (Å²) >= 11 is 0. The second-order valence-corrected chi connectivity index (χ2v) is 4.49. The van der Waals surface area contributed by atoms with E-state index >= 15 is 0 Å². The van der Waals surface area contributed by atoms with Crippen molar-refractivity contribution >= 4 is 5.91 Å². The van der Waals surface area contributed by atoms with Crippen LogP contribution in [0.1, 0.15) is 39.5 Å². The summed E-state index contributed by atoms with van der Waals surface area (Å²) in [5.74, 6) is -0.257. The molecule has 0 bridgehead atoms. The minimum atomic E-state index is -0.257. The number of carbonyl (C=O) groups excluding carboxylic acids is 1. The molecule has 1 aliphatic heterocycles. The maximum absolute atomic E-state index is 11.7. The van der Waals surface area contributed by atoms with Crippen molar-refractivity contribution in [2.75, 3.05) is 13.1 Å². The Balaban J connectivity index is 2.65. The van der Waals surface area contributed by atoms with Crippen molar-refractivity contribution in [3.8, 4) is 6.07 Å². The second kappa shape index (κ2) is 6.95. The van der Waals surface area contributed by atoms with Gasteiger partial charge in [-0.05, 0) is 32.6 Å². The number of rotatable bonds is 4. The first kappa shape index (κ1) is 13.6. The number of hydrogen-bond acceptors (Lipinski definition) is 3. The number of nitriles is 1. The normalized spacial score (nSPS) is 20.9. The standard InChI is InChI=1S/C13H21N3O/c1-3-7-15-13(17)12(9-14)10-16-8-5-4-6-11(16)2/h10-11H,3-8H2,1-2H3,(H,15,17)/b12-10-. The van der Waals surface area contributed by atoms with Gasteiger partial charge in [-0.15, -0.1) is 0 Å². The first-order valence-corrected chi connectivity index (χ1v) is 6.35. The number of piperidine rings is 1. The molecule has 17 heavy (non-hydrogen) atoms. The zero-order valence-electron chi connectivity index (χ0n) is 10.7. The van der Waals surface area contributed by atoms with Gasteiger partial charge in [0.1, 0.15) is 11.6 Å². The molecule has 0 spiro atoms. The number of likely N-dealkylation sites (tertiary alicyclic amines) is 1. The van der Waals surface area contributed by atoms with Gasteiger partial charge < -0.3 is 10.2 Å². The highest BCUT2D eigenvalue weighted by molar-refractivity contribution is 5.97. The number of carbonyl (C=O) groups is 1. The Hall–Kier alpha value is -1.50. The maximum Gasteiger partial charge on any atom is 0.263 e. The van der Waals surface area contributed by atoms with Crippen LogP contribution in [0.3, 0.4) is 0 Å². The van der Waals surface area contributed by atoms with Crippen LogP contribution in [0.15, 0.2) is 11.8 Å². The topological polar surface area (TPSA) is 56.1 Å². The summed E-state index contributed by atoms with van der Waals surface area (Å²) in [6.07, 6.45) is 6.09. The molecule has 94 valence electrons. The average Bonchev–Trinajstić information content (AvgIpc) is 2.35. The van der Waals surface area contributed by atoms with Gasteiger partial charge in [0, 0.05) is 25.3 Å². The molecule has 1 unspecified atom stereocenters. The van der Waals surface area contributed by atoms with E-state index in [0.29, 0.717) is 12.6 Å². The van der Waals surface area contributed by atoms with E-state index in [1.165, 1.54) is 6.42 Å². The lowest BCUT2D eigenvalue weighted by molar-refractivity contribution is -0.117. The minimum Gasteiger partial charge on any atom is -0.373 e. The molecular weight excluding hydrogens is 214 g/mol. The van der Waals surface area contributed by atoms with Crippen molar-refractivity contribution in [3.05, 3.63) is 11.8 Å². The van der Waals surface area contributed by atoms with E-state index in [1.54, 1.807) is 6.20 Å². The van der Waals surface area contributed by atoms with E-state index in [-0.39, 0.29) is 11.5 Å². The Kier molecular flexibility index (Phi) is 5.55. The van der Waals surface area contributed by atoms with Gasteiger partial charge in [-0.25, -0.2) is 0 Å². The zero-order valence-corrected chi connectivity index (χ0v) is 10.7. The molecule has 4 heteroatoms. The number of amides is 1. The smallest absolute Gasteiger partial charge is 0.263 e. The fraction of sp³-hybridized carbons (Fsp3) is 0.692. The Morgan fingerprint density at radius 3 is 2.94 bits per heavy atom. The van der Waals surface area contributed by atoms with Crippen LogP contribution in [0.4, 0.5) is 0 Å². The van der Waals surface area contributed by atoms with E-state index in [9.17, 15) is 4.79 Å². The molecule has 4 nitrogen and oxygen atoms in total. The molecule has 1 N–H and O–H groups in total. The molecule has 0 saturated carbocycles. The van der Waals surface area contributed by atoms with Crippen molar-refractivity contribution in [3.63, 3.8) is 0 Å². The quantitative estimate of drug-likeness (QED) is 0.597.